The molecule has 1 heterocycles. The zero-order valence-corrected chi connectivity index (χ0v) is 11.5. The average Bonchev–Trinajstić information content (AvgIpc) is 2.68. The van der Waals surface area contributed by atoms with Gasteiger partial charge in [0, 0.05) is 22.0 Å². The minimum atomic E-state index is 0.748. The van der Waals surface area contributed by atoms with Crippen LogP contribution in [0.25, 0.3) is 11.3 Å². The Labute approximate surface area is 111 Å². The molecule has 0 amide bonds. The second-order valence-corrected chi connectivity index (χ2v) is 5.50. The van der Waals surface area contributed by atoms with Gasteiger partial charge in [0.1, 0.15) is 0 Å². The summed E-state index contributed by atoms with van der Waals surface area (Å²) in [6.07, 6.45) is 1.10. The van der Waals surface area contributed by atoms with Crippen molar-refractivity contribution in [2.45, 2.75) is 20.3 Å². The molecule has 0 aliphatic carbocycles. The van der Waals surface area contributed by atoms with Crippen LogP contribution in [0, 0.1) is 6.92 Å². The summed E-state index contributed by atoms with van der Waals surface area (Å²) < 4.78 is 0. The van der Waals surface area contributed by atoms with Crippen molar-refractivity contribution in [3.05, 3.63) is 34.2 Å². The molecule has 0 aliphatic heterocycles. The maximum Gasteiger partial charge on any atom is 0.183 e. The first-order valence-corrected chi connectivity index (χ1v) is 6.87. The molecule has 2 nitrogen and oxygen atoms in total. The number of hydrogen-bond acceptors (Lipinski definition) is 3. The highest BCUT2D eigenvalue weighted by Crippen LogP contribution is 2.31. The van der Waals surface area contributed by atoms with Crippen molar-refractivity contribution in [2.75, 3.05) is 11.9 Å². The number of aryl methyl sites for hydroxylation is 1. The van der Waals surface area contributed by atoms with Crippen molar-refractivity contribution in [3.63, 3.8) is 0 Å². The molecule has 17 heavy (non-hydrogen) atoms. The maximum absolute atomic E-state index is 6.00. The number of nitrogens with one attached hydrogen (secondary N) is 1. The summed E-state index contributed by atoms with van der Waals surface area (Å²) in [5.41, 5.74) is 2.10. The molecular weight excluding hydrogens is 252 g/mol. The van der Waals surface area contributed by atoms with Crippen molar-refractivity contribution in [3.8, 4) is 11.3 Å². The Morgan fingerprint density at radius 3 is 2.94 bits per heavy atom. The van der Waals surface area contributed by atoms with Crippen LogP contribution < -0.4 is 5.32 Å². The third-order valence-corrected chi connectivity index (χ3v) is 3.58. The van der Waals surface area contributed by atoms with Gasteiger partial charge in [-0.25, -0.2) is 4.98 Å². The van der Waals surface area contributed by atoms with Crippen LogP contribution >= 0.6 is 22.9 Å². The normalized spacial score (nSPS) is 10.5. The molecule has 0 aliphatic rings. The van der Waals surface area contributed by atoms with E-state index < -0.39 is 0 Å². The summed E-state index contributed by atoms with van der Waals surface area (Å²) in [6, 6.07) is 7.82. The zero-order chi connectivity index (χ0) is 12.3. The van der Waals surface area contributed by atoms with Crippen LogP contribution in [0.5, 0.6) is 0 Å². The minimum Gasteiger partial charge on any atom is -0.362 e. The van der Waals surface area contributed by atoms with Crippen LogP contribution in [0.1, 0.15) is 18.2 Å². The molecule has 1 N–H and O–H groups in total. The van der Waals surface area contributed by atoms with E-state index in [9.17, 15) is 0 Å². The van der Waals surface area contributed by atoms with E-state index in [1.165, 1.54) is 4.88 Å². The van der Waals surface area contributed by atoms with Crippen molar-refractivity contribution in [1.29, 1.82) is 0 Å². The smallest absolute Gasteiger partial charge is 0.183 e. The van der Waals surface area contributed by atoms with Gasteiger partial charge in [0.25, 0.3) is 0 Å². The molecular formula is C13H15ClN2S. The Morgan fingerprint density at radius 2 is 2.24 bits per heavy atom. The Balaban J connectivity index is 2.29. The molecule has 0 spiro atoms. The Bertz CT molecular complexity index is 508. The van der Waals surface area contributed by atoms with E-state index in [0.29, 0.717) is 0 Å². The van der Waals surface area contributed by atoms with Crippen LogP contribution in [0.2, 0.25) is 5.02 Å². The van der Waals surface area contributed by atoms with Gasteiger partial charge in [-0.2, -0.15) is 0 Å². The van der Waals surface area contributed by atoms with E-state index in [-0.39, 0.29) is 0 Å². The number of nitrogens with zero attached hydrogens (tertiary/aromatic N) is 1. The number of thiazole rings is 1. The van der Waals surface area contributed by atoms with Gasteiger partial charge >= 0.3 is 0 Å². The predicted molar refractivity (Wildman–Crippen MR) is 76.1 cm³/mol. The number of rotatable bonds is 4. The fourth-order valence-corrected chi connectivity index (χ4v) is 2.66. The van der Waals surface area contributed by atoms with E-state index in [4.69, 9.17) is 11.6 Å². The third kappa shape index (κ3) is 2.99. The molecule has 90 valence electrons. The maximum atomic E-state index is 6.00. The number of benzene rings is 1. The monoisotopic (exact) mass is 266 g/mol. The lowest BCUT2D eigenvalue weighted by atomic mass is 10.1. The molecule has 0 atom stereocenters. The molecule has 0 saturated carbocycles. The molecule has 0 fully saturated rings. The van der Waals surface area contributed by atoms with Crippen LogP contribution in [-0.2, 0) is 0 Å². The van der Waals surface area contributed by atoms with Gasteiger partial charge in [-0.1, -0.05) is 30.7 Å². The van der Waals surface area contributed by atoms with E-state index in [2.05, 4.69) is 24.1 Å². The van der Waals surface area contributed by atoms with E-state index >= 15 is 0 Å². The highest BCUT2D eigenvalue weighted by atomic mass is 35.5. The van der Waals surface area contributed by atoms with E-state index in [1.54, 1.807) is 11.3 Å². The number of anilines is 1. The molecule has 0 bridgehead atoms. The van der Waals surface area contributed by atoms with Crippen LogP contribution in [0.3, 0.4) is 0 Å². The Morgan fingerprint density at radius 1 is 1.41 bits per heavy atom. The molecule has 4 heteroatoms. The molecule has 2 rings (SSSR count). The van der Waals surface area contributed by atoms with Crippen LogP contribution in [0.15, 0.2) is 24.3 Å². The summed E-state index contributed by atoms with van der Waals surface area (Å²) in [4.78, 5) is 5.82. The molecule has 1 aromatic carbocycles. The number of hydrogen-bond donors (Lipinski definition) is 1. The molecule has 0 unspecified atom stereocenters. The first kappa shape index (κ1) is 12.4. The predicted octanol–water partition coefficient (Wildman–Crippen LogP) is 4.59. The van der Waals surface area contributed by atoms with Gasteiger partial charge in [0.15, 0.2) is 5.13 Å². The van der Waals surface area contributed by atoms with Crippen LogP contribution in [0.4, 0.5) is 5.13 Å². The van der Waals surface area contributed by atoms with Gasteiger partial charge < -0.3 is 5.32 Å². The number of aromatic nitrogens is 1. The molecule has 0 radical (unpaired) electrons. The van der Waals surface area contributed by atoms with Crippen molar-refractivity contribution in [1.82, 2.24) is 4.98 Å². The lowest BCUT2D eigenvalue weighted by Gasteiger charge is -1.99. The number of halogens is 1. The van der Waals surface area contributed by atoms with Gasteiger partial charge in [-0.15, -0.1) is 11.3 Å². The summed E-state index contributed by atoms with van der Waals surface area (Å²) in [5.74, 6) is 0. The van der Waals surface area contributed by atoms with Gasteiger partial charge in [-0.05, 0) is 25.5 Å². The molecule has 1 aromatic heterocycles. The summed E-state index contributed by atoms with van der Waals surface area (Å²) in [7, 11) is 0. The molecule has 0 saturated heterocycles. The topological polar surface area (TPSA) is 24.9 Å². The second-order valence-electron chi connectivity index (χ2n) is 3.86. The summed E-state index contributed by atoms with van der Waals surface area (Å²) in [5, 5.41) is 5.05. The Kier molecular flexibility index (Phi) is 4.02. The SMILES string of the molecule is CCCNc1nc(-c2cccc(Cl)c2)c(C)s1. The van der Waals surface area contributed by atoms with E-state index in [0.717, 1.165) is 34.4 Å². The average molecular weight is 267 g/mol. The van der Waals surface area contributed by atoms with Crippen molar-refractivity contribution < 1.29 is 0 Å². The largest absolute Gasteiger partial charge is 0.362 e. The standard InChI is InChI=1S/C13H15ClN2S/c1-3-7-15-13-16-12(9(2)17-13)10-5-4-6-11(14)8-10/h4-6,8H,3,7H2,1-2H3,(H,15,16). The van der Waals surface area contributed by atoms with Gasteiger partial charge in [-0.3, -0.25) is 0 Å². The van der Waals surface area contributed by atoms with Gasteiger partial charge in [0.2, 0.25) is 0 Å². The van der Waals surface area contributed by atoms with Crippen LogP contribution in [-0.4, -0.2) is 11.5 Å². The fraction of sp³-hybridized carbons (Fsp3) is 0.308. The third-order valence-electron chi connectivity index (χ3n) is 2.42. The first-order chi connectivity index (χ1) is 8.20. The van der Waals surface area contributed by atoms with Crippen molar-refractivity contribution in [2.24, 2.45) is 0 Å². The highest BCUT2D eigenvalue weighted by Gasteiger charge is 2.09. The molecule has 2 aromatic rings. The van der Waals surface area contributed by atoms with E-state index in [1.807, 2.05) is 24.3 Å². The van der Waals surface area contributed by atoms with Gasteiger partial charge in [0.05, 0.1) is 5.69 Å². The quantitative estimate of drug-likeness (QED) is 0.875. The zero-order valence-electron chi connectivity index (χ0n) is 9.96. The lowest BCUT2D eigenvalue weighted by molar-refractivity contribution is 0.976. The first-order valence-electron chi connectivity index (χ1n) is 5.68. The fourth-order valence-electron chi connectivity index (χ4n) is 1.61. The second kappa shape index (κ2) is 5.52. The lowest BCUT2D eigenvalue weighted by Crippen LogP contribution is -1.98. The minimum absolute atomic E-state index is 0.748. The highest BCUT2D eigenvalue weighted by molar-refractivity contribution is 7.16. The van der Waals surface area contributed by atoms with Crippen molar-refractivity contribution >= 4 is 28.1 Å². The Hall–Kier alpha value is -1.06. The summed E-state index contributed by atoms with van der Waals surface area (Å²) >= 11 is 7.69. The summed E-state index contributed by atoms with van der Waals surface area (Å²) in [6.45, 7) is 5.19.